The fourth-order valence-electron chi connectivity index (χ4n) is 1.09. The van der Waals surface area contributed by atoms with Crippen LogP contribution in [0.2, 0.25) is 5.02 Å². The fourth-order valence-corrected chi connectivity index (χ4v) is 1.27. The van der Waals surface area contributed by atoms with Gasteiger partial charge in [-0.2, -0.15) is 0 Å². The highest BCUT2D eigenvalue weighted by atomic mass is 35.5. The van der Waals surface area contributed by atoms with Crippen molar-refractivity contribution in [2.75, 3.05) is 11.9 Å². The normalized spacial score (nSPS) is 10.4. The Morgan fingerprint density at radius 2 is 2.17 bits per heavy atom. The van der Waals surface area contributed by atoms with E-state index in [4.69, 9.17) is 11.6 Å². The summed E-state index contributed by atoms with van der Waals surface area (Å²) >= 11 is 5.55. The molecule has 1 amide bonds. The highest BCUT2D eigenvalue weighted by Gasteiger charge is 2.03. The molecule has 0 aliphatic carbocycles. The molecule has 4 nitrogen and oxygen atoms in total. The molecule has 0 aromatic heterocycles. The molecule has 0 bridgehead atoms. The van der Waals surface area contributed by atoms with Crippen LogP contribution in [0, 0.1) is 5.82 Å². The first-order chi connectivity index (χ1) is 8.52. The number of amides is 1. The van der Waals surface area contributed by atoms with Crippen molar-refractivity contribution in [2.24, 2.45) is 0 Å². The number of carbonyl (C=O) groups excluding carboxylic acids is 2. The molecule has 0 radical (unpaired) electrons. The number of halogens is 2. The van der Waals surface area contributed by atoms with Crippen LogP contribution in [-0.2, 0) is 14.3 Å². The summed E-state index contributed by atoms with van der Waals surface area (Å²) in [6.07, 6.45) is 2.03. The molecule has 1 N–H and O–H groups in total. The highest BCUT2D eigenvalue weighted by molar-refractivity contribution is 6.31. The van der Waals surface area contributed by atoms with Crippen LogP contribution in [0.25, 0.3) is 0 Å². The van der Waals surface area contributed by atoms with Gasteiger partial charge in [0, 0.05) is 17.8 Å². The molecule has 18 heavy (non-hydrogen) atoms. The molecule has 0 fully saturated rings. The summed E-state index contributed by atoms with van der Waals surface area (Å²) in [4.78, 5) is 22.3. The second kappa shape index (κ2) is 6.76. The van der Waals surface area contributed by atoms with Gasteiger partial charge in [0.05, 0.1) is 11.6 Å². The van der Waals surface area contributed by atoms with Crippen LogP contribution in [-0.4, -0.2) is 18.5 Å². The van der Waals surface area contributed by atoms with Gasteiger partial charge in [-0.05, 0) is 25.1 Å². The Hall–Kier alpha value is -1.88. The van der Waals surface area contributed by atoms with E-state index in [1.807, 2.05) is 0 Å². The van der Waals surface area contributed by atoms with Crippen LogP contribution in [0.4, 0.5) is 10.1 Å². The van der Waals surface area contributed by atoms with E-state index < -0.39 is 17.7 Å². The Bertz CT molecular complexity index is 488. The summed E-state index contributed by atoms with van der Waals surface area (Å²) in [6.45, 7) is 1.89. The molecule has 0 saturated heterocycles. The third-order valence-electron chi connectivity index (χ3n) is 1.84. The predicted molar refractivity (Wildman–Crippen MR) is 65.8 cm³/mol. The van der Waals surface area contributed by atoms with Gasteiger partial charge in [-0.3, -0.25) is 4.79 Å². The van der Waals surface area contributed by atoms with Crippen molar-refractivity contribution in [3.8, 4) is 0 Å². The summed E-state index contributed by atoms with van der Waals surface area (Å²) in [5.74, 6) is -1.72. The van der Waals surface area contributed by atoms with Crippen LogP contribution in [0.3, 0.4) is 0 Å². The van der Waals surface area contributed by atoms with Gasteiger partial charge in [0.15, 0.2) is 0 Å². The molecule has 1 aromatic rings. The number of ether oxygens (including phenoxy) is 1. The summed E-state index contributed by atoms with van der Waals surface area (Å²) < 4.78 is 17.5. The van der Waals surface area contributed by atoms with E-state index >= 15 is 0 Å². The van der Waals surface area contributed by atoms with Crippen LogP contribution >= 0.6 is 11.6 Å². The van der Waals surface area contributed by atoms with Crippen molar-refractivity contribution in [3.63, 3.8) is 0 Å². The molecule has 0 atom stereocenters. The summed E-state index contributed by atoms with van der Waals surface area (Å²) in [5.41, 5.74) is 0.333. The number of nitrogens with one attached hydrogen (secondary N) is 1. The summed E-state index contributed by atoms with van der Waals surface area (Å²) in [7, 11) is 0. The van der Waals surface area contributed by atoms with Crippen LogP contribution in [0.5, 0.6) is 0 Å². The van der Waals surface area contributed by atoms with Gasteiger partial charge >= 0.3 is 5.97 Å². The molecule has 6 heteroatoms. The van der Waals surface area contributed by atoms with Gasteiger partial charge in [-0.15, -0.1) is 0 Å². The lowest BCUT2D eigenvalue weighted by Crippen LogP contribution is -2.09. The fraction of sp³-hybridized carbons (Fsp3) is 0.167. The molecule has 96 valence electrons. The zero-order chi connectivity index (χ0) is 13.5. The first-order valence-electron chi connectivity index (χ1n) is 5.13. The zero-order valence-electron chi connectivity index (χ0n) is 9.57. The second-order valence-corrected chi connectivity index (χ2v) is 3.61. The number of benzene rings is 1. The van der Waals surface area contributed by atoms with Crippen molar-refractivity contribution < 1.29 is 18.7 Å². The highest BCUT2D eigenvalue weighted by Crippen LogP contribution is 2.19. The van der Waals surface area contributed by atoms with E-state index in [2.05, 4.69) is 10.1 Å². The lowest BCUT2D eigenvalue weighted by Gasteiger charge is -2.02. The van der Waals surface area contributed by atoms with E-state index in [1.54, 1.807) is 6.92 Å². The maximum absolute atomic E-state index is 12.9. The standard InChI is InChI=1S/C12H11ClFNO3/c1-2-18-12(17)6-5-11(16)15-8-3-4-10(14)9(13)7-8/h3-7H,2H2,1H3,(H,15,16). The Kier molecular flexibility index (Phi) is 5.32. The van der Waals surface area contributed by atoms with Gasteiger partial charge in [-0.25, -0.2) is 9.18 Å². The zero-order valence-corrected chi connectivity index (χ0v) is 10.3. The summed E-state index contributed by atoms with van der Waals surface area (Å²) in [6, 6.07) is 3.76. The van der Waals surface area contributed by atoms with Crippen molar-refractivity contribution in [2.45, 2.75) is 6.92 Å². The van der Waals surface area contributed by atoms with Gasteiger partial charge in [0.2, 0.25) is 5.91 Å². The number of anilines is 1. The molecular formula is C12H11ClFNO3. The molecule has 0 aliphatic heterocycles. The first kappa shape index (κ1) is 14.2. The third kappa shape index (κ3) is 4.55. The van der Waals surface area contributed by atoms with Gasteiger partial charge in [0.25, 0.3) is 0 Å². The van der Waals surface area contributed by atoms with Crippen molar-refractivity contribution >= 4 is 29.2 Å². The topological polar surface area (TPSA) is 55.4 Å². The minimum Gasteiger partial charge on any atom is -0.463 e. The Morgan fingerprint density at radius 1 is 1.44 bits per heavy atom. The minimum atomic E-state index is -0.607. The van der Waals surface area contributed by atoms with Crippen molar-refractivity contribution in [1.82, 2.24) is 0 Å². The molecule has 0 spiro atoms. The number of rotatable bonds is 4. The van der Waals surface area contributed by atoms with E-state index in [0.717, 1.165) is 18.2 Å². The first-order valence-corrected chi connectivity index (χ1v) is 5.51. The van der Waals surface area contributed by atoms with Gasteiger partial charge < -0.3 is 10.1 Å². The molecule has 1 aromatic carbocycles. The third-order valence-corrected chi connectivity index (χ3v) is 2.13. The number of carbonyl (C=O) groups is 2. The predicted octanol–water partition coefficient (Wildman–Crippen LogP) is 2.54. The average molecular weight is 272 g/mol. The number of esters is 1. The molecule has 0 unspecified atom stereocenters. The van der Waals surface area contributed by atoms with Gasteiger partial charge in [0.1, 0.15) is 5.82 Å². The quantitative estimate of drug-likeness (QED) is 0.676. The van der Waals surface area contributed by atoms with E-state index in [9.17, 15) is 14.0 Å². The Morgan fingerprint density at radius 3 is 2.78 bits per heavy atom. The van der Waals surface area contributed by atoms with Crippen LogP contribution < -0.4 is 5.32 Å². The summed E-state index contributed by atoms with van der Waals surface area (Å²) in [5, 5.41) is 2.33. The van der Waals surface area contributed by atoms with E-state index in [0.29, 0.717) is 5.69 Å². The van der Waals surface area contributed by atoms with Crippen LogP contribution in [0.15, 0.2) is 30.4 Å². The maximum Gasteiger partial charge on any atom is 0.330 e. The molecule has 0 saturated carbocycles. The number of hydrogen-bond acceptors (Lipinski definition) is 3. The van der Waals surface area contributed by atoms with Crippen molar-refractivity contribution in [1.29, 1.82) is 0 Å². The largest absolute Gasteiger partial charge is 0.463 e. The Labute approximate surface area is 108 Å². The second-order valence-electron chi connectivity index (χ2n) is 3.20. The van der Waals surface area contributed by atoms with Crippen LogP contribution in [0.1, 0.15) is 6.92 Å². The van der Waals surface area contributed by atoms with Gasteiger partial charge in [-0.1, -0.05) is 11.6 Å². The van der Waals surface area contributed by atoms with Crippen molar-refractivity contribution in [3.05, 3.63) is 41.2 Å². The lowest BCUT2D eigenvalue weighted by molar-refractivity contribution is -0.137. The maximum atomic E-state index is 12.9. The molecule has 0 aliphatic rings. The SMILES string of the molecule is CCOC(=O)C=CC(=O)Nc1ccc(F)c(Cl)c1. The average Bonchev–Trinajstić information content (AvgIpc) is 2.32. The Balaban J connectivity index is 2.59. The smallest absolute Gasteiger partial charge is 0.330 e. The molecule has 0 heterocycles. The number of hydrogen-bond donors (Lipinski definition) is 1. The van der Waals surface area contributed by atoms with E-state index in [-0.39, 0.29) is 11.6 Å². The lowest BCUT2D eigenvalue weighted by atomic mass is 10.3. The minimum absolute atomic E-state index is 0.0952. The molecule has 1 rings (SSSR count). The molecular weight excluding hydrogens is 261 g/mol. The van der Waals surface area contributed by atoms with E-state index in [1.165, 1.54) is 12.1 Å². The monoisotopic (exact) mass is 271 g/mol.